The third-order valence-electron chi connectivity index (χ3n) is 3.42. The third kappa shape index (κ3) is 3.29. The quantitative estimate of drug-likeness (QED) is 0.589. The molecule has 2 aromatic rings. The first-order valence-electron chi connectivity index (χ1n) is 6.78. The average Bonchev–Trinajstić information content (AvgIpc) is 2.35. The molecule has 0 spiro atoms. The zero-order valence-corrected chi connectivity index (χ0v) is 12.4. The Balaban J connectivity index is 2.76. The van der Waals surface area contributed by atoms with Crippen molar-refractivity contribution in [2.45, 2.75) is 32.9 Å². The minimum atomic E-state index is -4.79. The zero-order chi connectivity index (χ0) is 16.7. The second-order valence-electron chi connectivity index (χ2n) is 5.59. The molecule has 22 heavy (non-hydrogen) atoms. The number of benzene rings is 2. The van der Waals surface area contributed by atoms with Gasteiger partial charge in [0.15, 0.2) is 0 Å². The smallest absolute Gasteiger partial charge is 0.207 e. The molecule has 0 amide bonds. The summed E-state index contributed by atoms with van der Waals surface area (Å²) in [6.07, 6.45) is -4.79. The van der Waals surface area contributed by atoms with E-state index in [2.05, 4.69) is 0 Å². The maximum atomic E-state index is 13.8. The standard InChI is InChI=1S/C17H15F5/c1-9(2)13-8-16(19)15(17(20,21)22)7-14(13)11-4-10(3)5-12(18)6-11/h4-9H,1-3H3. The van der Waals surface area contributed by atoms with Crippen LogP contribution in [0.2, 0.25) is 0 Å². The molecule has 5 heteroatoms. The van der Waals surface area contributed by atoms with Gasteiger partial charge in [0.1, 0.15) is 11.6 Å². The second-order valence-corrected chi connectivity index (χ2v) is 5.59. The Labute approximate surface area is 125 Å². The van der Waals surface area contributed by atoms with Crippen molar-refractivity contribution >= 4 is 0 Å². The van der Waals surface area contributed by atoms with E-state index in [1.165, 1.54) is 6.07 Å². The van der Waals surface area contributed by atoms with Gasteiger partial charge in [-0.3, -0.25) is 0 Å². The van der Waals surface area contributed by atoms with Gasteiger partial charge in [0.05, 0.1) is 5.56 Å². The van der Waals surface area contributed by atoms with Gasteiger partial charge in [-0.25, -0.2) is 8.78 Å². The third-order valence-corrected chi connectivity index (χ3v) is 3.42. The topological polar surface area (TPSA) is 0 Å². The fourth-order valence-electron chi connectivity index (χ4n) is 2.43. The van der Waals surface area contributed by atoms with Gasteiger partial charge in [-0.05, 0) is 59.4 Å². The van der Waals surface area contributed by atoms with E-state index in [4.69, 9.17) is 0 Å². The maximum absolute atomic E-state index is 13.8. The van der Waals surface area contributed by atoms with Crippen molar-refractivity contribution in [1.82, 2.24) is 0 Å². The summed E-state index contributed by atoms with van der Waals surface area (Å²) in [6, 6.07) is 5.68. The van der Waals surface area contributed by atoms with E-state index >= 15 is 0 Å². The summed E-state index contributed by atoms with van der Waals surface area (Å²) in [5, 5.41) is 0. The fourth-order valence-corrected chi connectivity index (χ4v) is 2.43. The van der Waals surface area contributed by atoms with Crippen LogP contribution in [0.25, 0.3) is 11.1 Å². The molecule has 0 atom stereocenters. The Bertz CT molecular complexity index is 679. The van der Waals surface area contributed by atoms with Gasteiger partial charge in [-0.1, -0.05) is 19.9 Å². The molecule has 0 bridgehead atoms. The molecular weight excluding hydrogens is 299 g/mol. The van der Waals surface area contributed by atoms with Crippen molar-refractivity contribution in [3.63, 3.8) is 0 Å². The summed E-state index contributed by atoms with van der Waals surface area (Å²) in [6.45, 7) is 5.14. The minimum absolute atomic E-state index is 0.199. The maximum Gasteiger partial charge on any atom is 0.419 e. The molecule has 0 N–H and O–H groups in total. The van der Waals surface area contributed by atoms with Crippen molar-refractivity contribution in [3.05, 3.63) is 58.7 Å². The lowest BCUT2D eigenvalue weighted by molar-refractivity contribution is -0.139. The summed E-state index contributed by atoms with van der Waals surface area (Å²) in [7, 11) is 0. The molecule has 0 unspecified atom stereocenters. The highest BCUT2D eigenvalue weighted by Gasteiger charge is 2.35. The number of aryl methyl sites for hydroxylation is 1. The van der Waals surface area contributed by atoms with Gasteiger partial charge < -0.3 is 0 Å². The molecule has 2 aromatic carbocycles. The first-order valence-corrected chi connectivity index (χ1v) is 6.78. The van der Waals surface area contributed by atoms with Crippen LogP contribution in [0.4, 0.5) is 22.0 Å². The SMILES string of the molecule is Cc1cc(F)cc(-c2cc(C(F)(F)F)c(F)cc2C(C)C)c1. The number of alkyl halides is 3. The van der Waals surface area contributed by atoms with Crippen LogP contribution >= 0.6 is 0 Å². The van der Waals surface area contributed by atoms with E-state index in [-0.39, 0.29) is 11.5 Å². The van der Waals surface area contributed by atoms with Crippen molar-refractivity contribution in [2.24, 2.45) is 0 Å². The van der Waals surface area contributed by atoms with E-state index in [0.29, 0.717) is 16.7 Å². The Kier molecular flexibility index (Phi) is 4.27. The fraction of sp³-hybridized carbons (Fsp3) is 0.294. The van der Waals surface area contributed by atoms with Crippen molar-refractivity contribution < 1.29 is 22.0 Å². The van der Waals surface area contributed by atoms with Crippen LogP contribution in [0.5, 0.6) is 0 Å². The van der Waals surface area contributed by atoms with Gasteiger partial charge in [0.2, 0.25) is 0 Å². The van der Waals surface area contributed by atoms with Crippen molar-refractivity contribution in [3.8, 4) is 11.1 Å². The molecule has 0 aliphatic heterocycles. The van der Waals surface area contributed by atoms with Gasteiger partial charge in [0.25, 0.3) is 0 Å². The van der Waals surface area contributed by atoms with Gasteiger partial charge in [-0.15, -0.1) is 0 Å². The van der Waals surface area contributed by atoms with Crippen LogP contribution < -0.4 is 0 Å². The predicted octanol–water partition coefficient (Wildman–Crippen LogP) is 6.08. The number of halogens is 5. The molecule has 0 aromatic heterocycles. The molecule has 0 fully saturated rings. The lowest BCUT2D eigenvalue weighted by Gasteiger charge is -2.17. The van der Waals surface area contributed by atoms with Crippen LogP contribution in [-0.2, 0) is 6.18 Å². The largest absolute Gasteiger partial charge is 0.419 e. The van der Waals surface area contributed by atoms with E-state index in [1.807, 2.05) is 0 Å². The molecule has 0 nitrogen and oxygen atoms in total. The van der Waals surface area contributed by atoms with Crippen LogP contribution in [0.15, 0.2) is 30.3 Å². The minimum Gasteiger partial charge on any atom is -0.207 e. The van der Waals surface area contributed by atoms with E-state index in [0.717, 1.165) is 18.2 Å². The lowest BCUT2D eigenvalue weighted by atomic mass is 9.90. The number of rotatable bonds is 2. The van der Waals surface area contributed by atoms with Crippen LogP contribution in [-0.4, -0.2) is 0 Å². The van der Waals surface area contributed by atoms with Gasteiger partial charge in [-0.2, -0.15) is 13.2 Å². The van der Waals surface area contributed by atoms with Crippen molar-refractivity contribution in [2.75, 3.05) is 0 Å². The Morgan fingerprint density at radius 1 is 0.909 bits per heavy atom. The Morgan fingerprint density at radius 3 is 2.05 bits per heavy atom. The van der Waals surface area contributed by atoms with E-state index in [9.17, 15) is 22.0 Å². The van der Waals surface area contributed by atoms with Gasteiger partial charge >= 0.3 is 6.18 Å². The first kappa shape index (κ1) is 16.5. The average molecular weight is 314 g/mol. The molecule has 0 heterocycles. The summed E-state index contributed by atoms with van der Waals surface area (Å²) in [4.78, 5) is 0. The number of hydrogen-bond donors (Lipinski definition) is 0. The van der Waals surface area contributed by atoms with Crippen molar-refractivity contribution in [1.29, 1.82) is 0 Å². The lowest BCUT2D eigenvalue weighted by Crippen LogP contribution is -2.10. The van der Waals surface area contributed by atoms with Gasteiger partial charge in [0, 0.05) is 0 Å². The highest BCUT2D eigenvalue weighted by atomic mass is 19.4. The highest BCUT2D eigenvalue weighted by Crippen LogP contribution is 2.38. The Hall–Kier alpha value is -1.91. The summed E-state index contributed by atoms with van der Waals surface area (Å²) in [5.74, 6) is -2.05. The molecule has 118 valence electrons. The molecular formula is C17H15F5. The molecule has 0 radical (unpaired) electrons. The molecule has 0 saturated carbocycles. The zero-order valence-electron chi connectivity index (χ0n) is 12.4. The first-order chi connectivity index (χ1) is 10.1. The van der Waals surface area contributed by atoms with Crippen LogP contribution in [0.1, 0.15) is 36.5 Å². The van der Waals surface area contributed by atoms with E-state index < -0.39 is 23.4 Å². The second kappa shape index (κ2) is 5.71. The summed E-state index contributed by atoms with van der Waals surface area (Å²) < 4.78 is 66.1. The summed E-state index contributed by atoms with van der Waals surface area (Å²) >= 11 is 0. The van der Waals surface area contributed by atoms with E-state index in [1.54, 1.807) is 26.8 Å². The summed E-state index contributed by atoms with van der Waals surface area (Å²) in [5.41, 5.74) is 0.171. The highest BCUT2D eigenvalue weighted by molar-refractivity contribution is 5.70. The monoisotopic (exact) mass is 314 g/mol. The molecule has 0 aliphatic rings. The Morgan fingerprint density at radius 2 is 1.55 bits per heavy atom. The molecule has 0 saturated heterocycles. The predicted molar refractivity (Wildman–Crippen MR) is 75.6 cm³/mol. The van der Waals surface area contributed by atoms with Crippen LogP contribution in [0, 0.1) is 18.6 Å². The normalized spacial score (nSPS) is 12.0. The molecule has 2 rings (SSSR count). The number of hydrogen-bond acceptors (Lipinski definition) is 0. The van der Waals surface area contributed by atoms with Crippen LogP contribution in [0.3, 0.4) is 0 Å². The molecule has 0 aliphatic carbocycles.